The van der Waals surface area contributed by atoms with E-state index < -0.39 is 17.7 Å². The van der Waals surface area contributed by atoms with Crippen LogP contribution in [-0.2, 0) is 17.8 Å². The minimum Gasteiger partial charge on any atom is -0.481 e. The van der Waals surface area contributed by atoms with E-state index in [1.165, 1.54) is 6.07 Å². The van der Waals surface area contributed by atoms with E-state index in [1.54, 1.807) is 19.1 Å². The first-order valence-electron chi connectivity index (χ1n) is 10.00. The quantitative estimate of drug-likeness (QED) is 0.597. The Morgan fingerprint density at radius 1 is 1.34 bits per heavy atom. The second-order valence-electron chi connectivity index (χ2n) is 7.60. The van der Waals surface area contributed by atoms with Crippen molar-refractivity contribution in [3.05, 3.63) is 46.1 Å². The summed E-state index contributed by atoms with van der Waals surface area (Å²) in [5.41, 5.74) is 3.36. The van der Waals surface area contributed by atoms with Crippen molar-refractivity contribution in [1.29, 1.82) is 0 Å². The minimum absolute atomic E-state index is 0.300. The Labute approximate surface area is 173 Å². The maximum atomic E-state index is 15.1. The normalized spacial score (nSPS) is 14.8. The number of benzene rings is 1. The summed E-state index contributed by atoms with van der Waals surface area (Å²) < 4.78 is 17.2. The maximum absolute atomic E-state index is 15.1. The molecule has 0 aliphatic carbocycles. The molecule has 152 valence electrons. The zero-order valence-corrected chi connectivity index (χ0v) is 17.3. The first kappa shape index (κ1) is 19.8. The average Bonchev–Trinajstić information content (AvgIpc) is 3.03. The highest BCUT2D eigenvalue weighted by molar-refractivity contribution is 6.30. The second-order valence-corrected chi connectivity index (χ2v) is 8.03. The van der Waals surface area contributed by atoms with Gasteiger partial charge in [0.1, 0.15) is 11.6 Å². The summed E-state index contributed by atoms with van der Waals surface area (Å²) in [5.74, 6) is -1.24. The fourth-order valence-corrected chi connectivity index (χ4v) is 4.55. The van der Waals surface area contributed by atoms with Crippen LogP contribution < -0.4 is 0 Å². The van der Waals surface area contributed by atoms with Gasteiger partial charge in [0, 0.05) is 34.8 Å². The standard InChI is InChI=1S/C22H23ClFN3O2/c1-3-6-15(22(28)29)18-12(2)25-21-20(27-10-5-4-7-17(27)26-21)19(18)14-9-8-13(23)11-16(14)24/h8-9,11,15H,3-7,10H2,1-2H3,(H,28,29). The molecule has 0 radical (unpaired) electrons. The van der Waals surface area contributed by atoms with Gasteiger partial charge in [0.2, 0.25) is 0 Å². The monoisotopic (exact) mass is 415 g/mol. The molecule has 0 saturated carbocycles. The van der Waals surface area contributed by atoms with Crippen molar-refractivity contribution in [2.75, 3.05) is 0 Å². The number of rotatable bonds is 5. The number of imidazole rings is 1. The van der Waals surface area contributed by atoms with Crippen LogP contribution in [0.5, 0.6) is 0 Å². The molecule has 0 fully saturated rings. The van der Waals surface area contributed by atoms with E-state index >= 15 is 4.39 Å². The summed E-state index contributed by atoms with van der Waals surface area (Å²) in [6.45, 7) is 4.50. The van der Waals surface area contributed by atoms with Gasteiger partial charge in [0.05, 0.1) is 11.4 Å². The molecule has 2 aromatic heterocycles. The van der Waals surface area contributed by atoms with Gasteiger partial charge in [-0.1, -0.05) is 24.9 Å². The Morgan fingerprint density at radius 2 is 2.14 bits per heavy atom. The van der Waals surface area contributed by atoms with Crippen LogP contribution in [-0.4, -0.2) is 25.6 Å². The van der Waals surface area contributed by atoms with Crippen LogP contribution in [0.2, 0.25) is 5.02 Å². The third-order valence-corrected chi connectivity index (χ3v) is 5.89. The van der Waals surface area contributed by atoms with E-state index in [-0.39, 0.29) is 0 Å². The molecular formula is C22H23ClFN3O2. The molecule has 1 atom stereocenters. The Bertz CT molecular complexity index is 1110. The number of halogens is 2. The zero-order chi connectivity index (χ0) is 20.7. The average molecular weight is 416 g/mol. The lowest BCUT2D eigenvalue weighted by Gasteiger charge is -2.22. The number of fused-ring (bicyclic) bond motifs is 3. The van der Waals surface area contributed by atoms with E-state index in [0.29, 0.717) is 45.9 Å². The number of pyridine rings is 1. The first-order chi connectivity index (χ1) is 13.9. The molecule has 1 unspecified atom stereocenters. The van der Waals surface area contributed by atoms with Crippen LogP contribution in [0, 0.1) is 12.7 Å². The number of aromatic nitrogens is 3. The van der Waals surface area contributed by atoms with Crippen LogP contribution in [0.25, 0.3) is 22.3 Å². The fourth-order valence-electron chi connectivity index (χ4n) is 4.39. The Morgan fingerprint density at radius 3 is 2.83 bits per heavy atom. The summed E-state index contributed by atoms with van der Waals surface area (Å²) in [7, 11) is 0. The van der Waals surface area contributed by atoms with Crippen molar-refractivity contribution in [2.24, 2.45) is 0 Å². The number of carboxylic acid groups (broad SMARTS) is 1. The van der Waals surface area contributed by atoms with Crippen molar-refractivity contribution in [1.82, 2.24) is 14.5 Å². The number of carboxylic acids is 1. The maximum Gasteiger partial charge on any atom is 0.311 e. The van der Waals surface area contributed by atoms with E-state index in [9.17, 15) is 9.90 Å². The van der Waals surface area contributed by atoms with Crippen LogP contribution in [0.15, 0.2) is 18.2 Å². The highest BCUT2D eigenvalue weighted by atomic mass is 35.5. The number of hydrogen-bond donors (Lipinski definition) is 1. The van der Waals surface area contributed by atoms with Gasteiger partial charge in [0.15, 0.2) is 5.65 Å². The third kappa shape index (κ3) is 3.39. The van der Waals surface area contributed by atoms with Crippen LogP contribution >= 0.6 is 11.6 Å². The largest absolute Gasteiger partial charge is 0.481 e. The van der Waals surface area contributed by atoms with Crippen LogP contribution in [0.1, 0.15) is 55.6 Å². The van der Waals surface area contributed by atoms with E-state index in [0.717, 1.165) is 37.1 Å². The highest BCUT2D eigenvalue weighted by Crippen LogP contribution is 2.41. The number of hydrogen-bond acceptors (Lipinski definition) is 3. The predicted molar refractivity (Wildman–Crippen MR) is 111 cm³/mol. The molecule has 1 N–H and O–H groups in total. The third-order valence-electron chi connectivity index (χ3n) is 5.65. The number of aryl methyl sites for hydroxylation is 3. The summed E-state index contributed by atoms with van der Waals surface area (Å²) >= 11 is 5.99. The summed E-state index contributed by atoms with van der Waals surface area (Å²) in [5, 5.41) is 10.3. The van der Waals surface area contributed by atoms with Crippen molar-refractivity contribution in [2.45, 2.75) is 58.4 Å². The molecule has 29 heavy (non-hydrogen) atoms. The van der Waals surface area contributed by atoms with Gasteiger partial charge in [-0.3, -0.25) is 4.79 Å². The van der Waals surface area contributed by atoms with Gasteiger partial charge in [-0.2, -0.15) is 0 Å². The Hall–Kier alpha value is -2.47. The molecule has 0 bridgehead atoms. The van der Waals surface area contributed by atoms with Crippen molar-refractivity contribution < 1.29 is 14.3 Å². The highest BCUT2D eigenvalue weighted by Gasteiger charge is 2.31. The van der Waals surface area contributed by atoms with Gasteiger partial charge in [-0.15, -0.1) is 0 Å². The molecule has 0 amide bonds. The Balaban J connectivity index is 2.13. The van der Waals surface area contributed by atoms with Crippen molar-refractivity contribution in [3.8, 4) is 11.1 Å². The summed E-state index contributed by atoms with van der Waals surface area (Å²) in [6, 6.07) is 4.53. The molecule has 3 aromatic rings. The van der Waals surface area contributed by atoms with Gasteiger partial charge in [0.25, 0.3) is 0 Å². The molecule has 7 heteroatoms. The van der Waals surface area contributed by atoms with Gasteiger partial charge < -0.3 is 9.67 Å². The second kappa shape index (κ2) is 7.75. The summed E-state index contributed by atoms with van der Waals surface area (Å²) in [4.78, 5) is 21.5. The topological polar surface area (TPSA) is 68.0 Å². The molecule has 4 rings (SSSR count). The summed E-state index contributed by atoms with van der Waals surface area (Å²) in [6.07, 6.45) is 4.04. The predicted octanol–water partition coefficient (Wildman–Crippen LogP) is 5.50. The van der Waals surface area contributed by atoms with Crippen LogP contribution in [0.3, 0.4) is 0 Å². The SMILES string of the molecule is CCCC(C(=O)O)c1c(C)nc2nc3n(c2c1-c1ccc(Cl)cc1F)CCCC3. The van der Waals surface area contributed by atoms with Gasteiger partial charge in [-0.05, 0) is 49.9 Å². The molecule has 5 nitrogen and oxygen atoms in total. The molecule has 1 aliphatic rings. The van der Waals surface area contributed by atoms with Crippen LogP contribution in [0.4, 0.5) is 4.39 Å². The van der Waals surface area contributed by atoms with E-state index in [1.807, 2.05) is 6.92 Å². The lowest BCUT2D eigenvalue weighted by molar-refractivity contribution is -0.139. The lowest BCUT2D eigenvalue weighted by Crippen LogP contribution is -2.16. The molecular weight excluding hydrogens is 393 g/mol. The number of carbonyl (C=O) groups is 1. The number of nitrogens with zero attached hydrogens (tertiary/aromatic N) is 3. The lowest BCUT2D eigenvalue weighted by atomic mass is 9.86. The first-order valence-corrected chi connectivity index (χ1v) is 10.4. The number of aliphatic carboxylic acids is 1. The van der Waals surface area contributed by atoms with Gasteiger partial charge >= 0.3 is 5.97 Å². The molecule has 1 aromatic carbocycles. The Kier molecular flexibility index (Phi) is 5.30. The zero-order valence-electron chi connectivity index (χ0n) is 16.5. The van der Waals surface area contributed by atoms with Crippen molar-refractivity contribution >= 4 is 28.7 Å². The molecule has 0 saturated heterocycles. The molecule has 3 heterocycles. The van der Waals surface area contributed by atoms with E-state index in [2.05, 4.69) is 9.55 Å². The minimum atomic E-state index is -0.926. The van der Waals surface area contributed by atoms with E-state index in [4.69, 9.17) is 16.6 Å². The fraction of sp³-hybridized carbons (Fsp3) is 0.409. The van der Waals surface area contributed by atoms with Crippen molar-refractivity contribution in [3.63, 3.8) is 0 Å². The smallest absolute Gasteiger partial charge is 0.311 e. The van der Waals surface area contributed by atoms with Gasteiger partial charge in [-0.25, -0.2) is 14.4 Å². The molecule has 1 aliphatic heterocycles. The molecule has 0 spiro atoms.